The van der Waals surface area contributed by atoms with Gasteiger partial charge in [0.25, 0.3) is 0 Å². The summed E-state index contributed by atoms with van der Waals surface area (Å²) in [6, 6.07) is 0. The number of aromatic nitrogens is 2. The Labute approximate surface area is 112 Å². The van der Waals surface area contributed by atoms with Crippen LogP contribution < -0.4 is 0 Å². The lowest BCUT2D eigenvalue weighted by Gasteiger charge is -2.19. The fourth-order valence-corrected chi connectivity index (χ4v) is 3.30. The summed E-state index contributed by atoms with van der Waals surface area (Å²) < 4.78 is 26.2. The molecule has 0 radical (unpaired) electrons. The molecule has 1 aromatic heterocycles. The van der Waals surface area contributed by atoms with Crippen LogP contribution >= 0.6 is 11.6 Å². The molecule has 0 bridgehead atoms. The van der Waals surface area contributed by atoms with Crippen molar-refractivity contribution in [1.82, 2.24) is 19.2 Å². The van der Waals surface area contributed by atoms with Gasteiger partial charge in [-0.3, -0.25) is 0 Å². The van der Waals surface area contributed by atoms with Gasteiger partial charge in [-0.05, 0) is 31.6 Å². The quantitative estimate of drug-likeness (QED) is 0.740. The van der Waals surface area contributed by atoms with E-state index in [0.29, 0.717) is 13.1 Å². The van der Waals surface area contributed by atoms with Crippen molar-refractivity contribution in [2.45, 2.75) is 11.3 Å². The average molecular weight is 291 g/mol. The summed E-state index contributed by atoms with van der Waals surface area (Å²) in [6.07, 6.45) is 3.32. The zero-order valence-corrected chi connectivity index (χ0v) is 11.7. The molecule has 2 rings (SSSR count). The molecule has 0 saturated carbocycles. The van der Waals surface area contributed by atoms with E-state index in [1.54, 1.807) is 0 Å². The Morgan fingerprint density at radius 1 is 1.17 bits per heavy atom. The maximum absolute atomic E-state index is 12.3. The highest BCUT2D eigenvalue weighted by atomic mass is 35.5. The van der Waals surface area contributed by atoms with Crippen molar-refractivity contribution in [2.24, 2.45) is 0 Å². The standard InChI is InChI=1S/C10H15ClN4O2S/c1-14-3-2-4-15(6-5-14)18(16,17)9-7-12-10(11)13-8-9/h7-8H,2-6H2,1H3. The van der Waals surface area contributed by atoms with Crippen LogP contribution in [-0.4, -0.2) is 60.8 Å². The zero-order chi connectivity index (χ0) is 13.2. The Morgan fingerprint density at radius 2 is 1.83 bits per heavy atom. The maximum atomic E-state index is 12.3. The summed E-state index contributed by atoms with van der Waals surface area (Å²) in [4.78, 5) is 9.65. The molecule has 100 valence electrons. The predicted octanol–water partition coefficient (Wildman–Crippen LogP) is 0.456. The van der Waals surface area contributed by atoms with E-state index in [4.69, 9.17) is 11.6 Å². The lowest BCUT2D eigenvalue weighted by molar-refractivity contribution is 0.347. The van der Waals surface area contributed by atoms with Crippen molar-refractivity contribution >= 4 is 21.6 Å². The summed E-state index contributed by atoms with van der Waals surface area (Å²) in [5.74, 6) is 0. The molecule has 1 aliphatic rings. The van der Waals surface area contributed by atoms with E-state index in [1.807, 2.05) is 7.05 Å². The molecule has 0 aromatic carbocycles. The number of halogens is 1. The van der Waals surface area contributed by atoms with Gasteiger partial charge in [-0.1, -0.05) is 0 Å². The third-order valence-electron chi connectivity index (χ3n) is 2.91. The van der Waals surface area contributed by atoms with Crippen LogP contribution in [0, 0.1) is 0 Å². The van der Waals surface area contributed by atoms with Gasteiger partial charge in [0.2, 0.25) is 15.3 Å². The number of hydrogen-bond donors (Lipinski definition) is 0. The molecule has 0 amide bonds. The Balaban J connectivity index is 2.22. The van der Waals surface area contributed by atoms with Crippen LogP contribution in [0.25, 0.3) is 0 Å². The fourth-order valence-electron chi connectivity index (χ4n) is 1.85. The summed E-state index contributed by atoms with van der Waals surface area (Å²) in [5.41, 5.74) is 0. The molecule has 2 heterocycles. The summed E-state index contributed by atoms with van der Waals surface area (Å²) in [5, 5.41) is 0.0459. The minimum atomic E-state index is -3.50. The van der Waals surface area contributed by atoms with Gasteiger partial charge in [0.1, 0.15) is 4.90 Å². The number of sulfonamides is 1. The van der Waals surface area contributed by atoms with Gasteiger partial charge in [-0.2, -0.15) is 4.31 Å². The van der Waals surface area contributed by atoms with Gasteiger partial charge in [0, 0.05) is 19.6 Å². The number of likely N-dealkylation sites (N-methyl/N-ethyl adjacent to an activating group) is 1. The number of nitrogens with zero attached hydrogens (tertiary/aromatic N) is 4. The largest absolute Gasteiger partial charge is 0.305 e. The minimum Gasteiger partial charge on any atom is -0.305 e. The number of hydrogen-bond acceptors (Lipinski definition) is 5. The molecule has 0 unspecified atom stereocenters. The predicted molar refractivity (Wildman–Crippen MR) is 67.9 cm³/mol. The normalized spacial score (nSPS) is 19.7. The molecular weight excluding hydrogens is 276 g/mol. The fraction of sp³-hybridized carbons (Fsp3) is 0.600. The van der Waals surface area contributed by atoms with Crippen molar-refractivity contribution in [3.8, 4) is 0 Å². The Bertz CT molecular complexity index is 505. The van der Waals surface area contributed by atoms with Crippen molar-refractivity contribution in [3.63, 3.8) is 0 Å². The molecule has 0 aliphatic carbocycles. The second kappa shape index (κ2) is 5.48. The number of rotatable bonds is 2. The zero-order valence-electron chi connectivity index (χ0n) is 10.1. The molecule has 1 aliphatic heterocycles. The third kappa shape index (κ3) is 2.97. The molecule has 6 nitrogen and oxygen atoms in total. The lowest BCUT2D eigenvalue weighted by Crippen LogP contribution is -2.34. The van der Waals surface area contributed by atoms with Crippen molar-refractivity contribution in [1.29, 1.82) is 0 Å². The second-order valence-electron chi connectivity index (χ2n) is 4.25. The monoisotopic (exact) mass is 290 g/mol. The Morgan fingerprint density at radius 3 is 2.50 bits per heavy atom. The van der Waals surface area contributed by atoms with E-state index in [2.05, 4.69) is 14.9 Å². The van der Waals surface area contributed by atoms with Crippen LogP contribution in [0.4, 0.5) is 0 Å². The van der Waals surface area contributed by atoms with Gasteiger partial charge in [0.05, 0.1) is 12.4 Å². The summed E-state index contributed by atoms with van der Waals surface area (Å²) in [7, 11) is -1.51. The SMILES string of the molecule is CN1CCCN(S(=O)(=O)c2cnc(Cl)nc2)CC1. The van der Waals surface area contributed by atoms with E-state index in [0.717, 1.165) is 19.5 Å². The van der Waals surface area contributed by atoms with E-state index in [-0.39, 0.29) is 10.2 Å². The summed E-state index contributed by atoms with van der Waals surface area (Å²) >= 11 is 5.56. The molecule has 1 fully saturated rings. The molecule has 0 atom stereocenters. The van der Waals surface area contributed by atoms with Crippen molar-refractivity contribution in [3.05, 3.63) is 17.7 Å². The van der Waals surface area contributed by atoms with E-state index in [1.165, 1.54) is 16.7 Å². The Hall–Kier alpha value is -0.760. The van der Waals surface area contributed by atoms with E-state index in [9.17, 15) is 8.42 Å². The molecule has 1 aromatic rings. The third-order valence-corrected chi connectivity index (χ3v) is 4.96. The van der Waals surface area contributed by atoms with Gasteiger partial charge < -0.3 is 4.90 Å². The first-order valence-corrected chi connectivity index (χ1v) is 7.48. The minimum absolute atomic E-state index is 0.0459. The van der Waals surface area contributed by atoms with Crippen molar-refractivity contribution in [2.75, 3.05) is 33.2 Å². The lowest BCUT2D eigenvalue weighted by atomic mass is 10.4. The van der Waals surface area contributed by atoms with Crippen LogP contribution in [0.5, 0.6) is 0 Å². The molecule has 8 heteroatoms. The molecule has 1 saturated heterocycles. The highest BCUT2D eigenvalue weighted by molar-refractivity contribution is 7.89. The van der Waals surface area contributed by atoms with Crippen LogP contribution in [0.3, 0.4) is 0 Å². The van der Waals surface area contributed by atoms with Crippen LogP contribution in [0.15, 0.2) is 17.3 Å². The van der Waals surface area contributed by atoms with E-state index < -0.39 is 10.0 Å². The molecule has 0 spiro atoms. The van der Waals surface area contributed by atoms with Gasteiger partial charge in [-0.25, -0.2) is 18.4 Å². The van der Waals surface area contributed by atoms with Crippen LogP contribution in [0.2, 0.25) is 5.28 Å². The molecular formula is C10H15ClN4O2S. The van der Waals surface area contributed by atoms with Crippen LogP contribution in [0.1, 0.15) is 6.42 Å². The maximum Gasteiger partial charge on any atom is 0.246 e. The van der Waals surface area contributed by atoms with Gasteiger partial charge >= 0.3 is 0 Å². The smallest absolute Gasteiger partial charge is 0.246 e. The average Bonchev–Trinajstić information content (AvgIpc) is 2.55. The molecule has 0 N–H and O–H groups in total. The van der Waals surface area contributed by atoms with Gasteiger partial charge in [-0.15, -0.1) is 0 Å². The highest BCUT2D eigenvalue weighted by Gasteiger charge is 2.26. The van der Waals surface area contributed by atoms with Crippen LogP contribution in [-0.2, 0) is 10.0 Å². The first kappa shape index (κ1) is 13.7. The second-order valence-corrected chi connectivity index (χ2v) is 6.52. The Kier molecular flexibility index (Phi) is 4.16. The molecule has 18 heavy (non-hydrogen) atoms. The first-order valence-electron chi connectivity index (χ1n) is 5.66. The topological polar surface area (TPSA) is 66.4 Å². The highest BCUT2D eigenvalue weighted by Crippen LogP contribution is 2.16. The first-order chi connectivity index (χ1) is 8.50. The van der Waals surface area contributed by atoms with Crippen molar-refractivity contribution < 1.29 is 8.42 Å². The van der Waals surface area contributed by atoms with E-state index >= 15 is 0 Å². The van der Waals surface area contributed by atoms with Gasteiger partial charge in [0.15, 0.2) is 0 Å². The summed E-state index contributed by atoms with van der Waals surface area (Å²) in [6.45, 7) is 2.65.